The van der Waals surface area contributed by atoms with Crippen LogP contribution in [0, 0.1) is 11.3 Å². The summed E-state index contributed by atoms with van der Waals surface area (Å²) in [5.74, 6) is -1.59. The number of carbonyl (C=O) groups excluding carboxylic acids is 2. The molecule has 0 aliphatic carbocycles. The number of amides is 2. The molecule has 0 saturated carbocycles. The number of carbonyl (C=O) groups is 2. The Balaban J connectivity index is 2.04. The molecule has 0 radical (unpaired) electrons. The first-order chi connectivity index (χ1) is 13.1. The van der Waals surface area contributed by atoms with Crippen molar-refractivity contribution >= 4 is 33.4 Å². The van der Waals surface area contributed by atoms with E-state index in [1.807, 2.05) is 49.3 Å². The minimum atomic E-state index is -3.29. The summed E-state index contributed by atoms with van der Waals surface area (Å²) in [6.07, 6.45) is 1.83. The summed E-state index contributed by atoms with van der Waals surface area (Å²) in [4.78, 5) is 28.7. The van der Waals surface area contributed by atoms with E-state index in [4.69, 9.17) is 0 Å². The van der Waals surface area contributed by atoms with E-state index in [1.165, 1.54) is 0 Å². The molecule has 1 aromatic rings. The zero-order valence-corrected chi connectivity index (χ0v) is 16.8. The average molecular weight is 399 g/mol. The quantitative estimate of drug-likeness (QED) is 0.565. The van der Waals surface area contributed by atoms with Crippen LogP contribution in [0.5, 0.6) is 0 Å². The Hall–Kier alpha value is -2.92. The molecular weight excluding hydrogens is 378 g/mol. The Kier molecular flexibility index (Phi) is 5.13. The molecule has 1 atom stereocenters. The van der Waals surface area contributed by atoms with Gasteiger partial charge in [0.1, 0.15) is 11.6 Å². The van der Waals surface area contributed by atoms with Gasteiger partial charge in [-0.1, -0.05) is 12.1 Å². The van der Waals surface area contributed by atoms with E-state index in [1.54, 1.807) is 13.0 Å². The van der Waals surface area contributed by atoms with Crippen LogP contribution in [0.4, 0.5) is 5.69 Å². The van der Waals surface area contributed by atoms with Crippen LogP contribution in [0.1, 0.15) is 18.9 Å². The highest BCUT2D eigenvalue weighted by Gasteiger charge is 2.43. The van der Waals surface area contributed by atoms with Crippen molar-refractivity contribution in [2.45, 2.75) is 19.4 Å². The van der Waals surface area contributed by atoms with E-state index in [0.717, 1.165) is 16.2 Å². The number of nitriles is 1. The molecule has 2 heterocycles. The molecule has 1 fully saturated rings. The van der Waals surface area contributed by atoms with Crippen LogP contribution in [-0.4, -0.2) is 56.8 Å². The number of sulfone groups is 1. The van der Waals surface area contributed by atoms with Crippen LogP contribution in [-0.2, 0) is 19.4 Å². The van der Waals surface area contributed by atoms with Gasteiger partial charge in [0.15, 0.2) is 9.84 Å². The third-order valence-electron chi connectivity index (χ3n) is 5.07. The second-order valence-electron chi connectivity index (χ2n) is 7.19. The van der Waals surface area contributed by atoms with Gasteiger partial charge < -0.3 is 4.90 Å². The number of anilines is 1. The molecule has 2 aliphatic rings. The average Bonchev–Trinajstić information content (AvgIpc) is 2.99. The first kappa shape index (κ1) is 19.8. The fourth-order valence-electron chi connectivity index (χ4n) is 3.45. The molecule has 0 aromatic heterocycles. The zero-order chi connectivity index (χ0) is 20.6. The van der Waals surface area contributed by atoms with Gasteiger partial charge in [0.2, 0.25) is 0 Å². The monoisotopic (exact) mass is 399 g/mol. The van der Waals surface area contributed by atoms with Crippen LogP contribution < -0.4 is 4.90 Å². The van der Waals surface area contributed by atoms with Crippen molar-refractivity contribution in [3.05, 3.63) is 46.5 Å². The van der Waals surface area contributed by atoms with Gasteiger partial charge in [-0.15, -0.1) is 0 Å². The van der Waals surface area contributed by atoms with Gasteiger partial charge in [-0.3, -0.25) is 14.5 Å². The summed E-state index contributed by atoms with van der Waals surface area (Å²) < 4.78 is 23.7. The van der Waals surface area contributed by atoms with Crippen molar-refractivity contribution < 1.29 is 18.0 Å². The van der Waals surface area contributed by atoms with Gasteiger partial charge in [-0.25, -0.2) is 8.42 Å². The highest BCUT2D eigenvalue weighted by atomic mass is 32.2. The molecule has 2 aliphatic heterocycles. The molecule has 8 heteroatoms. The van der Waals surface area contributed by atoms with Crippen LogP contribution in [0.25, 0.3) is 6.08 Å². The minimum Gasteiger partial charge on any atom is -0.378 e. The second-order valence-corrected chi connectivity index (χ2v) is 9.42. The van der Waals surface area contributed by atoms with E-state index >= 15 is 0 Å². The molecule has 1 saturated heterocycles. The first-order valence-corrected chi connectivity index (χ1v) is 10.7. The fourth-order valence-corrected chi connectivity index (χ4v) is 5.15. The van der Waals surface area contributed by atoms with Crippen LogP contribution in [0.15, 0.2) is 41.0 Å². The summed E-state index contributed by atoms with van der Waals surface area (Å²) in [7, 11) is 0.552. The van der Waals surface area contributed by atoms with E-state index in [9.17, 15) is 23.3 Å². The van der Waals surface area contributed by atoms with E-state index < -0.39 is 27.7 Å². The van der Waals surface area contributed by atoms with Crippen molar-refractivity contribution in [1.82, 2.24) is 4.90 Å². The standard InChI is InChI=1S/C20H21N3O4S/c1-13-17(10-14-4-6-15(7-5-14)22(2)3)19(24)23(20(25)18(13)11-21)16-8-9-28(26,27)12-16/h4-7,10,16H,8-9,12H2,1-3H3. The largest absolute Gasteiger partial charge is 0.378 e. The van der Waals surface area contributed by atoms with Crippen molar-refractivity contribution in [3.8, 4) is 6.07 Å². The van der Waals surface area contributed by atoms with Gasteiger partial charge in [0.25, 0.3) is 11.8 Å². The van der Waals surface area contributed by atoms with Crippen LogP contribution >= 0.6 is 0 Å². The van der Waals surface area contributed by atoms with E-state index in [0.29, 0.717) is 5.57 Å². The Labute approximate surface area is 164 Å². The summed E-state index contributed by atoms with van der Waals surface area (Å²) in [5.41, 5.74) is 2.17. The van der Waals surface area contributed by atoms with Gasteiger partial charge in [0, 0.05) is 25.4 Å². The maximum absolute atomic E-state index is 13.1. The van der Waals surface area contributed by atoms with E-state index in [-0.39, 0.29) is 29.1 Å². The number of hydrogen-bond donors (Lipinski definition) is 0. The van der Waals surface area contributed by atoms with Crippen LogP contribution in [0.2, 0.25) is 0 Å². The number of rotatable bonds is 3. The molecule has 0 spiro atoms. The lowest BCUT2D eigenvalue weighted by Gasteiger charge is -2.31. The number of hydrogen-bond acceptors (Lipinski definition) is 6. The minimum absolute atomic E-state index is 0.0651. The number of benzene rings is 1. The Morgan fingerprint density at radius 1 is 1.18 bits per heavy atom. The topological polar surface area (TPSA) is 98.5 Å². The number of imide groups is 1. The van der Waals surface area contributed by atoms with Crippen molar-refractivity contribution in [1.29, 1.82) is 5.26 Å². The third-order valence-corrected chi connectivity index (χ3v) is 6.82. The second kappa shape index (κ2) is 7.24. The van der Waals surface area contributed by atoms with Crippen molar-refractivity contribution in [3.63, 3.8) is 0 Å². The van der Waals surface area contributed by atoms with Gasteiger partial charge in [-0.05, 0) is 42.7 Å². The van der Waals surface area contributed by atoms with Crippen molar-refractivity contribution in [2.24, 2.45) is 0 Å². The molecule has 1 aromatic carbocycles. The van der Waals surface area contributed by atoms with E-state index in [2.05, 4.69) is 0 Å². The lowest BCUT2D eigenvalue weighted by molar-refractivity contribution is -0.142. The Morgan fingerprint density at radius 3 is 2.32 bits per heavy atom. The number of nitrogens with zero attached hydrogens (tertiary/aromatic N) is 3. The molecule has 2 amide bonds. The molecule has 7 nitrogen and oxygen atoms in total. The first-order valence-electron chi connectivity index (χ1n) is 8.83. The summed E-state index contributed by atoms with van der Waals surface area (Å²) >= 11 is 0. The van der Waals surface area contributed by atoms with Gasteiger partial charge in [-0.2, -0.15) is 5.26 Å². The molecule has 3 rings (SSSR count). The van der Waals surface area contributed by atoms with Crippen LogP contribution in [0.3, 0.4) is 0 Å². The molecule has 28 heavy (non-hydrogen) atoms. The molecule has 0 bridgehead atoms. The molecular formula is C20H21N3O4S. The fraction of sp³-hybridized carbons (Fsp3) is 0.350. The highest BCUT2D eigenvalue weighted by Crippen LogP contribution is 2.31. The van der Waals surface area contributed by atoms with Crippen molar-refractivity contribution in [2.75, 3.05) is 30.5 Å². The smallest absolute Gasteiger partial charge is 0.271 e. The third kappa shape index (κ3) is 3.58. The molecule has 0 N–H and O–H groups in total. The maximum atomic E-state index is 13.1. The Morgan fingerprint density at radius 2 is 1.82 bits per heavy atom. The summed E-state index contributed by atoms with van der Waals surface area (Å²) in [6, 6.07) is 8.63. The molecule has 146 valence electrons. The SMILES string of the molecule is CC1=C(C#N)C(=O)N(C2CCS(=O)(=O)C2)C(=O)C1=Cc1ccc(N(C)C)cc1. The van der Waals surface area contributed by atoms with Gasteiger partial charge >= 0.3 is 0 Å². The maximum Gasteiger partial charge on any atom is 0.271 e. The predicted octanol–water partition coefficient (Wildman–Crippen LogP) is 1.53. The molecule has 1 unspecified atom stereocenters. The lowest BCUT2D eigenvalue weighted by Crippen LogP contribution is -2.49. The lowest BCUT2D eigenvalue weighted by atomic mass is 9.92. The summed E-state index contributed by atoms with van der Waals surface area (Å²) in [6.45, 7) is 1.57. The zero-order valence-electron chi connectivity index (χ0n) is 16.0. The normalized spacial score (nSPS) is 23.3. The highest BCUT2D eigenvalue weighted by molar-refractivity contribution is 7.91. The Bertz CT molecular complexity index is 1040. The predicted molar refractivity (Wildman–Crippen MR) is 106 cm³/mol. The van der Waals surface area contributed by atoms with Gasteiger partial charge in [0.05, 0.1) is 17.5 Å². The summed E-state index contributed by atoms with van der Waals surface area (Å²) in [5, 5.41) is 9.45.